The van der Waals surface area contributed by atoms with Crippen molar-refractivity contribution in [2.45, 2.75) is 5.88 Å². The molecule has 3 nitrogen and oxygen atoms in total. The summed E-state index contributed by atoms with van der Waals surface area (Å²) in [6.45, 7) is 0.485. The predicted molar refractivity (Wildman–Crippen MR) is 79.9 cm³/mol. The van der Waals surface area contributed by atoms with Gasteiger partial charge in [0.15, 0.2) is 23.1 Å². The number of benzene rings is 2. The van der Waals surface area contributed by atoms with Gasteiger partial charge < -0.3 is 14.2 Å². The molecule has 0 fully saturated rings. The van der Waals surface area contributed by atoms with Crippen molar-refractivity contribution in [2.24, 2.45) is 0 Å². The van der Waals surface area contributed by atoms with Gasteiger partial charge >= 0.3 is 0 Å². The van der Waals surface area contributed by atoms with E-state index in [1.807, 2.05) is 12.1 Å². The maximum Gasteiger partial charge on any atom is 0.165 e. The maximum absolute atomic E-state index is 13.7. The van der Waals surface area contributed by atoms with Crippen molar-refractivity contribution < 1.29 is 18.6 Å². The third-order valence-electron chi connectivity index (χ3n) is 2.85. The predicted octanol–water partition coefficient (Wildman–Crippen LogP) is 4.03. The van der Waals surface area contributed by atoms with E-state index in [0.717, 1.165) is 0 Å². The summed E-state index contributed by atoms with van der Waals surface area (Å²) in [5, 5.41) is 0. The highest BCUT2D eigenvalue weighted by molar-refractivity contribution is 6.17. The molecular weight excluding hydrogens is 295 g/mol. The van der Waals surface area contributed by atoms with E-state index in [9.17, 15) is 4.39 Å². The average molecular weight is 311 g/mol. The lowest BCUT2D eigenvalue weighted by atomic mass is 10.2. The lowest BCUT2D eigenvalue weighted by Crippen LogP contribution is -2.11. The Balaban J connectivity index is 1.91. The van der Waals surface area contributed by atoms with E-state index in [0.29, 0.717) is 17.1 Å². The molecule has 0 spiro atoms. The lowest BCUT2D eigenvalue weighted by Gasteiger charge is -2.13. The number of alkyl halides is 1. The lowest BCUT2D eigenvalue weighted by molar-refractivity contribution is 0.205. The fourth-order valence-corrected chi connectivity index (χ4v) is 2.06. The van der Waals surface area contributed by atoms with Crippen molar-refractivity contribution in [1.29, 1.82) is 0 Å². The van der Waals surface area contributed by atoms with Crippen LogP contribution in [0, 0.1) is 5.82 Å². The third-order valence-corrected chi connectivity index (χ3v) is 3.14. The molecule has 0 aliphatic heterocycles. The van der Waals surface area contributed by atoms with Gasteiger partial charge in [-0.25, -0.2) is 4.39 Å². The molecule has 0 saturated heterocycles. The van der Waals surface area contributed by atoms with Crippen LogP contribution in [0.2, 0.25) is 0 Å². The second-order valence-corrected chi connectivity index (χ2v) is 4.48. The highest BCUT2D eigenvalue weighted by Crippen LogP contribution is 2.26. The molecule has 2 aromatic carbocycles. The molecule has 0 unspecified atom stereocenters. The van der Waals surface area contributed by atoms with Crippen molar-refractivity contribution in [1.82, 2.24) is 0 Å². The second-order valence-electron chi connectivity index (χ2n) is 4.21. The van der Waals surface area contributed by atoms with Gasteiger partial charge in [0.25, 0.3) is 0 Å². The molecule has 0 aliphatic rings. The minimum absolute atomic E-state index is 0.177. The monoisotopic (exact) mass is 310 g/mol. The molecule has 0 atom stereocenters. The minimum Gasteiger partial charge on any atom is -0.493 e. The molecule has 0 heterocycles. The van der Waals surface area contributed by atoms with E-state index in [1.165, 1.54) is 6.07 Å². The first-order valence-corrected chi connectivity index (χ1v) is 7.01. The van der Waals surface area contributed by atoms with Gasteiger partial charge in [0.05, 0.1) is 13.0 Å². The van der Waals surface area contributed by atoms with Crippen molar-refractivity contribution in [3.63, 3.8) is 0 Å². The molecule has 2 rings (SSSR count). The summed E-state index contributed by atoms with van der Waals surface area (Å²) in [5.41, 5.74) is 0.619. The van der Waals surface area contributed by atoms with Gasteiger partial charge in [-0.15, -0.1) is 11.6 Å². The first-order valence-electron chi connectivity index (χ1n) is 6.48. The SMILES string of the molecule is COc1ccccc1OCCOc1c(F)cccc1CCl. The van der Waals surface area contributed by atoms with Gasteiger partial charge in [-0.2, -0.15) is 0 Å². The van der Waals surface area contributed by atoms with Crippen LogP contribution in [0.3, 0.4) is 0 Å². The first-order chi connectivity index (χ1) is 10.3. The summed E-state index contributed by atoms with van der Waals surface area (Å²) < 4.78 is 29.8. The molecule has 2 aromatic rings. The Morgan fingerprint density at radius 1 is 0.952 bits per heavy atom. The topological polar surface area (TPSA) is 27.7 Å². The van der Waals surface area contributed by atoms with Crippen LogP contribution in [-0.2, 0) is 5.88 Å². The Hall–Kier alpha value is -1.94. The highest BCUT2D eigenvalue weighted by atomic mass is 35.5. The van der Waals surface area contributed by atoms with Crippen LogP contribution in [0.25, 0.3) is 0 Å². The van der Waals surface area contributed by atoms with E-state index >= 15 is 0 Å². The molecule has 21 heavy (non-hydrogen) atoms. The molecule has 0 saturated carbocycles. The zero-order valence-electron chi connectivity index (χ0n) is 11.6. The quantitative estimate of drug-likeness (QED) is 0.571. The summed E-state index contributed by atoms with van der Waals surface area (Å²) in [5.74, 6) is 1.21. The minimum atomic E-state index is -0.426. The number of rotatable bonds is 7. The van der Waals surface area contributed by atoms with Crippen LogP contribution in [0.5, 0.6) is 17.2 Å². The van der Waals surface area contributed by atoms with E-state index in [2.05, 4.69) is 0 Å². The van der Waals surface area contributed by atoms with Gasteiger partial charge in [-0.1, -0.05) is 24.3 Å². The molecule has 112 valence electrons. The Bertz CT molecular complexity index is 589. The van der Waals surface area contributed by atoms with Crippen molar-refractivity contribution >= 4 is 11.6 Å². The Morgan fingerprint density at radius 3 is 2.38 bits per heavy atom. The van der Waals surface area contributed by atoms with Crippen molar-refractivity contribution in [3.05, 3.63) is 53.8 Å². The van der Waals surface area contributed by atoms with Crippen LogP contribution in [0.15, 0.2) is 42.5 Å². The van der Waals surface area contributed by atoms with E-state index in [1.54, 1.807) is 31.4 Å². The Morgan fingerprint density at radius 2 is 1.67 bits per heavy atom. The fourth-order valence-electron chi connectivity index (χ4n) is 1.85. The number of methoxy groups -OCH3 is 1. The summed E-state index contributed by atoms with van der Waals surface area (Å²) in [6, 6.07) is 12.0. The Kier molecular flexibility index (Phi) is 5.69. The first kappa shape index (κ1) is 15.4. The maximum atomic E-state index is 13.7. The number of para-hydroxylation sites is 3. The van der Waals surface area contributed by atoms with Gasteiger partial charge in [0.2, 0.25) is 0 Å². The van der Waals surface area contributed by atoms with Crippen LogP contribution in [0.4, 0.5) is 4.39 Å². The highest BCUT2D eigenvalue weighted by Gasteiger charge is 2.09. The van der Waals surface area contributed by atoms with Crippen LogP contribution in [0.1, 0.15) is 5.56 Å². The number of halogens is 2. The average Bonchev–Trinajstić information content (AvgIpc) is 2.52. The zero-order valence-corrected chi connectivity index (χ0v) is 12.4. The fraction of sp³-hybridized carbons (Fsp3) is 0.250. The largest absolute Gasteiger partial charge is 0.493 e. The second kappa shape index (κ2) is 7.74. The van der Waals surface area contributed by atoms with Crippen LogP contribution >= 0.6 is 11.6 Å². The number of ether oxygens (including phenoxy) is 3. The number of hydrogen-bond donors (Lipinski definition) is 0. The van der Waals surface area contributed by atoms with Gasteiger partial charge in [0, 0.05) is 5.56 Å². The number of hydrogen-bond acceptors (Lipinski definition) is 3. The zero-order chi connectivity index (χ0) is 15.1. The molecule has 0 radical (unpaired) electrons. The summed E-state index contributed by atoms with van der Waals surface area (Å²) in [6.07, 6.45) is 0. The normalized spacial score (nSPS) is 10.2. The summed E-state index contributed by atoms with van der Waals surface area (Å²) in [4.78, 5) is 0. The van der Waals surface area contributed by atoms with E-state index in [4.69, 9.17) is 25.8 Å². The van der Waals surface area contributed by atoms with Crippen LogP contribution < -0.4 is 14.2 Å². The van der Waals surface area contributed by atoms with Gasteiger partial charge in [0.1, 0.15) is 13.2 Å². The van der Waals surface area contributed by atoms with Crippen molar-refractivity contribution in [3.8, 4) is 17.2 Å². The smallest absolute Gasteiger partial charge is 0.165 e. The van der Waals surface area contributed by atoms with Gasteiger partial charge in [-0.3, -0.25) is 0 Å². The van der Waals surface area contributed by atoms with E-state index < -0.39 is 5.82 Å². The van der Waals surface area contributed by atoms with Gasteiger partial charge in [-0.05, 0) is 18.2 Å². The molecule has 0 aliphatic carbocycles. The molecular formula is C16H16ClFO3. The molecule has 0 aromatic heterocycles. The standard InChI is InChI=1S/C16H16ClFO3/c1-19-14-7-2-3-8-15(14)20-9-10-21-16-12(11-17)5-4-6-13(16)18/h2-8H,9-11H2,1H3. The molecule has 0 amide bonds. The molecule has 5 heteroatoms. The molecule has 0 N–H and O–H groups in total. The van der Waals surface area contributed by atoms with E-state index in [-0.39, 0.29) is 24.8 Å². The third kappa shape index (κ3) is 4.02. The van der Waals surface area contributed by atoms with Crippen LogP contribution in [-0.4, -0.2) is 20.3 Å². The summed E-state index contributed by atoms with van der Waals surface area (Å²) in [7, 11) is 1.57. The summed E-state index contributed by atoms with van der Waals surface area (Å²) >= 11 is 5.76. The Labute approximate surface area is 128 Å². The van der Waals surface area contributed by atoms with Crippen molar-refractivity contribution in [2.75, 3.05) is 20.3 Å². The molecule has 0 bridgehead atoms.